The summed E-state index contributed by atoms with van der Waals surface area (Å²) in [7, 11) is 0. The third-order valence-electron chi connectivity index (χ3n) is 7.09. The molecule has 3 aromatic carbocycles. The van der Waals surface area contributed by atoms with Crippen LogP contribution in [-0.2, 0) is 26.5 Å². The maximum atomic E-state index is 4.95. The summed E-state index contributed by atoms with van der Waals surface area (Å²) >= 11 is 0. The quantitative estimate of drug-likeness (QED) is 0.150. The summed E-state index contributed by atoms with van der Waals surface area (Å²) in [4.78, 5) is 14.2. The molecule has 0 saturated heterocycles. The van der Waals surface area contributed by atoms with Gasteiger partial charge in [0, 0.05) is 23.3 Å². The molecule has 0 fully saturated rings. The second kappa shape index (κ2) is 8.90. The zero-order chi connectivity index (χ0) is 24.3. The summed E-state index contributed by atoms with van der Waals surface area (Å²) in [5.41, 5.74) is 8.70. The van der Waals surface area contributed by atoms with Gasteiger partial charge in [0.2, 0.25) is 0 Å². The van der Waals surface area contributed by atoms with E-state index in [4.69, 9.17) is 9.97 Å². The molecule has 0 saturated carbocycles. The minimum Gasteiger partial charge on any atom is -0.335 e. The zero-order valence-corrected chi connectivity index (χ0v) is 22.6. The normalized spacial score (nSPS) is 11.8. The molecule has 0 aliphatic carbocycles. The number of benzene rings is 3. The van der Waals surface area contributed by atoms with Crippen LogP contribution in [-0.4, -0.2) is 19.4 Å². The van der Waals surface area contributed by atoms with Gasteiger partial charge in [0.15, 0.2) is 0 Å². The SMILES string of the molecule is CC(C)(c1[c-]c(-c2ccccn2)ccc1)c1[c-]c2c3ncccc3c3nc4ccccc4n3c2cc1.[Pt+2]. The van der Waals surface area contributed by atoms with Crippen molar-refractivity contribution in [2.45, 2.75) is 19.3 Å². The first-order valence-electron chi connectivity index (χ1n) is 12.1. The van der Waals surface area contributed by atoms with E-state index in [2.05, 4.69) is 90.0 Å². The molecule has 0 bridgehead atoms. The number of pyridine rings is 3. The van der Waals surface area contributed by atoms with Crippen molar-refractivity contribution in [3.05, 3.63) is 121 Å². The van der Waals surface area contributed by atoms with Crippen molar-refractivity contribution in [3.8, 4) is 11.3 Å². The van der Waals surface area contributed by atoms with E-state index in [1.807, 2.05) is 42.7 Å². The molecule has 4 aromatic heterocycles. The number of para-hydroxylation sites is 2. The van der Waals surface area contributed by atoms with Crippen molar-refractivity contribution in [1.82, 2.24) is 19.4 Å². The Morgan fingerprint density at radius 1 is 0.703 bits per heavy atom. The van der Waals surface area contributed by atoms with E-state index in [1.54, 1.807) is 0 Å². The average Bonchev–Trinajstić information content (AvgIpc) is 3.34. The summed E-state index contributed by atoms with van der Waals surface area (Å²) < 4.78 is 2.23. The second-order valence-corrected chi connectivity index (χ2v) is 9.61. The Kier molecular flexibility index (Phi) is 5.66. The molecule has 5 heteroatoms. The molecular weight excluding hydrogens is 635 g/mol. The monoisotopic (exact) mass is 657 g/mol. The standard InChI is InChI=1S/C32H22N4.Pt/c1-32(2,22-10-7-9-21(19-22)26-12-5-6-17-33-26)23-15-16-28-25(20-23)30-24(11-8-18-34-30)31-35-27-13-3-4-14-29(27)36(28)31;/h3-18H,1-2H3;/q-2;+2. The van der Waals surface area contributed by atoms with Gasteiger partial charge in [-0.2, -0.15) is 0 Å². The molecule has 0 amide bonds. The maximum Gasteiger partial charge on any atom is 2.00 e. The zero-order valence-electron chi connectivity index (χ0n) is 20.3. The van der Waals surface area contributed by atoms with Gasteiger partial charge in [0.25, 0.3) is 0 Å². The van der Waals surface area contributed by atoms with Crippen LogP contribution in [0.2, 0.25) is 0 Å². The Morgan fingerprint density at radius 3 is 2.38 bits per heavy atom. The Labute approximate surface area is 229 Å². The van der Waals surface area contributed by atoms with Gasteiger partial charge in [0.1, 0.15) is 5.65 Å². The number of imidazole rings is 1. The number of hydrogen-bond acceptors (Lipinski definition) is 3. The minimum absolute atomic E-state index is 0. The molecule has 0 unspecified atom stereocenters. The molecule has 0 aliphatic rings. The smallest absolute Gasteiger partial charge is 0.335 e. The molecule has 0 aliphatic heterocycles. The van der Waals surface area contributed by atoms with Crippen LogP contribution in [0, 0.1) is 12.1 Å². The molecule has 0 N–H and O–H groups in total. The number of hydrogen-bond donors (Lipinski definition) is 0. The Bertz CT molecular complexity index is 1920. The number of aromatic nitrogens is 4. The van der Waals surface area contributed by atoms with Gasteiger partial charge < -0.3 is 14.4 Å². The van der Waals surface area contributed by atoms with E-state index in [1.165, 1.54) is 0 Å². The first kappa shape index (κ1) is 23.5. The van der Waals surface area contributed by atoms with Crippen molar-refractivity contribution < 1.29 is 21.1 Å². The fourth-order valence-electron chi connectivity index (χ4n) is 5.10. The fourth-order valence-corrected chi connectivity index (χ4v) is 5.10. The molecule has 0 spiro atoms. The van der Waals surface area contributed by atoms with Crippen molar-refractivity contribution in [2.75, 3.05) is 0 Å². The molecule has 4 heterocycles. The van der Waals surface area contributed by atoms with Gasteiger partial charge in [-0.3, -0.25) is 0 Å². The Balaban J connectivity index is 0.00000252. The molecular formula is C32H22N4Pt. The van der Waals surface area contributed by atoms with Gasteiger partial charge in [-0.05, 0) is 40.9 Å². The van der Waals surface area contributed by atoms with Crippen molar-refractivity contribution in [2.24, 2.45) is 0 Å². The number of nitrogens with zero attached hydrogens (tertiary/aromatic N) is 4. The summed E-state index contributed by atoms with van der Waals surface area (Å²) in [6.07, 6.45) is 3.66. The van der Waals surface area contributed by atoms with Gasteiger partial charge in [-0.1, -0.05) is 44.2 Å². The first-order valence-corrected chi connectivity index (χ1v) is 12.1. The predicted molar refractivity (Wildman–Crippen MR) is 145 cm³/mol. The third kappa shape index (κ3) is 3.67. The Morgan fingerprint density at radius 2 is 1.51 bits per heavy atom. The second-order valence-electron chi connectivity index (χ2n) is 9.61. The van der Waals surface area contributed by atoms with Gasteiger partial charge in [0.05, 0.1) is 11.0 Å². The third-order valence-corrected chi connectivity index (χ3v) is 7.09. The molecule has 7 aromatic rings. The molecule has 180 valence electrons. The van der Waals surface area contributed by atoms with E-state index in [0.717, 1.165) is 60.9 Å². The number of rotatable bonds is 3. The van der Waals surface area contributed by atoms with Crippen LogP contribution in [0.3, 0.4) is 0 Å². The average molecular weight is 658 g/mol. The van der Waals surface area contributed by atoms with E-state index < -0.39 is 0 Å². The van der Waals surface area contributed by atoms with E-state index in [-0.39, 0.29) is 26.5 Å². The molecule has 4 nitrogen and oxygen atoms in total. The largest absolute Gasteiger partial charge is 2.00 e. The van der Waals surface area contributed by atoms with Crippen LogP contribution >= 0.6 is 0 Å². The van der Waals surface area contributed by atoms with E-state index in [0.29, 0.717) is 0 Å². The van der Waals surface area contributed by atoms with Crippen LogP contribution in [0.15, 0.2) is 97.3 Å². The van der Waals surface area contributed by atoms with Crippen molar-refractivity contribution in [3.63, 3.8) is 0 Å². The molecule has 0 radical (unpaired) electrons. The van der Waals surface area contributed by atoms with E-state index >= 15 is 0 Å². The Hall–Kier alpha value is -3.88. The van der Waals surface area contributed by atoms with Crippen LogP contribution in [0.25, 0.3) is 49.7 Å². The fraction of sp³-hybridized carbons (Fsp3) is 0.0938. The topological polar surface area (TPSA) is 43.1 Å². The number of fused-ring (bicyclic) bond motifs is 8. The maximum absolute atomic E-state index is 4.95. The summed E-state index contributed by atoms with van der Waals surface area (Å²) in [6.45, 7) is 4.44. The van der Waals surface area contributed by atoms with E-state index in [9.17, 15) is 0 Å². The molecule has 37 heavy (non-hydrogen) atoms. The van der Waals surface area contributed by atoms with Crippen LogP contribution in [0.5, 0.6) is 0 Å². The summed E-state index contributed by atoms with van der Waals surface area (Å²) in [5.74, 6) is 0. The van der Waals surface area contributed by atoms with Gasteiger partial charge >= 0.3 is 21.1 Å². The van der Waals surface area contributed by atoms with Gasteiger partial charge in [-0.15, -0.1) is 64.5 Å². The molecule has 7 rings (SSSR count). The van der Waals surface area contributed by atoms with Crippen molar-refractivity contribution >= 4 is 38.5 Å². The minimum atomic E-state index is -0.327. The molecule has 0 atom stereocenters. The summed E-state index contributed by atoms with van der Waals surface area (Å²) in [6, 6.07) is 36.3. The first-order chi connectivity index (χ1) is 17.6. The van der Waals surface area contributed by atoms with Crippen LogP contribution < -0.4 is 0 Å². The van der Waals surface area contributed by atoms with Gasteiger partial charge in [-0.25, -0.2) is 4.98 Å². The van der Waals surface area contributed by atoms with Crippen molar-refractivity contribution in [1.29, 1.82) is 0 Å². The predicted octanol–water partition coefficient (Wildman–Crippen LogP) is 7.17. The summed E-state index contributed by atoms with van der Waals surface area (Å²) in [5, 5.41) is 2.02. The van der Waals surface area contributed by atoms with Crippen LogP contribution in [0.4, 0.5) is 0 Å². The van der Waals surface area contributed by atoms with Crippen LogP contribution in [0.1, 0.15) is 25.0 Å².